The van der Waals surface area contributed by atoms with Crippen molar-refractivity contribution in [2.24, 2.45) is 0 Å². The van der Waals surface area contributed by atoms with E-state index in [0.29, 0.717) is 29.2 Å². The first-order chi connectivity index (χ1) is 17.0. The first-order valence-corrected chi connectivity index (χ1v) is 15.6. The Balaban J connectivity index is 2.31. The molecule has 0 radical (unpaired) electrons. The number of amides is 2. The molecule has 0 saturated carbocycles. The number of hydrogen-bond donors (Lipinski definition) is 0. The van der Waals surface area contributed by atoms with Crippen molar-refractivity contribution in [3.63, 3.8) is 0 Å². The standard InChI is InChI=1S/C28H42N2O6Si/c1-12-13-34-26(32)30-20-16-23(35-27(3,4)5)22(33-9)15-19(20)24(31)29-17-18(2)14-21(29)25(30)36-37(10,11)28(6,7)8/h12,15-17,21,25H,1,13-14H2,2-11H3/t21-,25-/m0/s1. The summed E-state index contributed by atoms with van der Waals surface area (Å²) >= 11 is 0. The molecule has 3 rings (SSSR count). The fourth-order valence-electron chi connectivity index (χ4n) is 4.21. The summed E-state index contributed by atoms with van der Waals surface area (Å²) in [6.07, 6.45) is 2.56. The molecule has 9 heteroatoms. The van der Waals surface area contributed by atoms with Gasteiger partial charge in [0.05, 0.1) is 24.4 Å². The molecule has 0 bridgehead atoms. The number of hydrogen-bond acceptors (Lipinski definition) is 6. The lowest BCUT2D eigenvalue weighted by atomic mass is 10.1. The number of ether oxygens (including phenoxy) is 3. The van der Waals surface area contributed by atoms with E-state index < -0.39 is 32.3 Å². The Morgan fingerprint density at radius 1 is 1.16 bits per heavy atom. The molecule has 1 aromatic carbocycles. The maximum atomic E-state index is 14.0. The Hall–Kier alpha value is -2.78. The predicted octanol–water partition coefficient (Wildman–Crippen LogP) is 6.48. The van der Waals surface area contributed by atoms with E-state index in [2.05, 4.69) is 40.4 Å². The number of methoxy groups -OCH3 is 1. The quantitative estimate of drug-likeness (QED) is 0.309. The van der Waals surface area contributed by atoms with Crippen molar-refractivity contribution in [3.05, 3.63) is 42.1 Å². The van der Waals surface area contributed by atoms with E-state index in [4.69, 9.17) is 18.6 Å². The van der Waals surface area contributed by atoms with Gasteiger partial charge in [-0.1, -0.05) is 39.0 Å². The van der Waals surface area contributed by atoms with Gasteiger partial charge in [0.1, 0.15) is 12.2 Å². The average molecular weight is 531 g/mol. The first kappa shape index (κ1) is 28.8. The zero-order valence-electron chi connectivity index (χ0n) is 23.9. The van der Waals surface area contributed by atoms with E-state index in [1.54, 1.807) is 17.0 Å². The Kier molecular flexibility index (Phi) is 7.91. The molecule has 2 amide bonds. The largest absolute Gasteiger partial charge is 0.493 e. The molecular formula is C28H42N2O6Si. The summed E-state index contributed by atoms with van der Waals surface area (Å²) in [5, 5.41) is -0.130. The molecule has 0 saturated heterocycles. The topological polar surface area (TPSA) is 77.5 Å². The zero-order chi connectivity index (χ0) is 27.9. The number of anilines is 1. The Bertz CT molecular complexity index is 1100. The molecule has 0 aromatic heterocycles. The highest BCUT2D eigenvalue weighted by Crippen LogP contribution is 2.46. The fraction of sp³-hybridized carbons (Fsp3) is 0.571. The molecule has 2 atom stereocenters. The summed E-state index contributed by atoms with van der Waals surface area (Å²) in [7, 11) is -0.887. The van der Waals surface area contributed by atoms with Gasteiger partial charge in [0.25, 0.3) is 5.91 Å². The van der Waals surface area contributed by atoms with Crippen molar-refractivity contribution in [1.29, 1.82) is 0 Å². The summed E-state index contributed by atoms with van der Waals surface area (Å²) in [6.45, 7) is 22.2. The SMILES string of the molecule is C=CCOC(=O)N1c2cc(OC(C)(C)C)c(OC)cc2C(=O)N2C=C(C)C[C@H]2[C@@H]1O[Si](C)(C)C(C)(C)C. The van der Waals surface area contributed by atoms with Crippen LogP contribution in [-0.2, 0) is 9.16 Å². The molecule has 8 nitrogen and oxygen atoms in total. The maximum Gasteiger partial charge on any atom is 0.416 e. The van der Waals surface area contributed by atoms with Gasteiger partial charge in [-0.2, -0.15) is 0 Å². The van der Waals surface area contributed by atoms with E-state index in [1.165, 1.54) is 18.1 Å². The molecule has 2 aliphatic rings. The van der Waals surface area contributed by atoms with Crippen molar-refractivity contribution in [2.75, 3.05) is 18.6 Å². The molecular weight excluding hydrogens is 488 g/mol. The third-order valence-corrected chi connectivity index (χ3v) is 11.4. The van der Waals surface area contributed by atoms with Crippen LogP contribution in [-0.4, -0.2) is 56.8 Å². The Labute approximate surface area is 222 Å². The van der Waals surface area contributed by atoms with Gasteiger partial charge in [-0.3, -0.25) is 4.79 Å². The number of fused-ring (bicyclic) bond motifs is 2. The highest BCUT2D eigenvalue weighted by Gasteiger charge is 2.50. The van der Waals surface area contributed by atoms with Gasteiger partial charge < -0.3 is 23.5 Å². The second-order valence-electron chi connectivity index (χ2n) is 12.2. The lowest BCUT2D eigenvalue weighted by Gasteiger charge is -2.44. The van der Waals surface area contributed by atoms with E-state index in [0.717, 1.165) is 5.57 Å². The van der Waals surface area contributed by atoms with E-state index in [9.17, 15) is 9.59 Å². The zero-order valence-corrected chi connectivity index (χ0v) is 24.9. The summed E-state index contributed by atoms with van der Waals surface area (Å²) in [5.41, 5.74) is 1.17. The monoisotopic (exact) mass is 530 g/mol. The summed E-state index contributed by atoms with van der Waals surface area (Å²) < 4.78 is 24.3. The van der Waals surface area contributed by atoms with Crippen LogP contribution in [0.15, 0.2) is 36.6 Å². The molecule has 1 aromatic rings. The minimum Gasteiger partial charge on any atom is -0.493 e. The van der Waals surface area contributed by atoms with Gasteiger partial charge in [-0.05, 0) is 58.3 Å². The van der Waals surface area contributed by atoms with Gasteiger partial charge in [0, 0.05) is 12.3 Å². The molecule has 0 fully saturated rings. The molecule has 0 N–H and O–H groups in total. The van der Waals surface area contributed by atoms with Crippen LogP contribution in [0.2, 0.25) is 18.1 Å². The van der Waals surface area contributed by atoms with Crippen LogP contribution in [0.3, 0.4) is 0 Å². The van der Waals surface area contributed by atoms with Gasteiger partial charge in [-0.15, -0.1) is 0 Å². The van der Waals surface area contributed by atoms with Gasteiger partial charge in [0.15, 0.2) is 26.0 Å². The van der Waals surface area contributed by atoms with Crippen LogP contribution in [0.25, 0.3) is 0 Å². The highest BCUT2D eigenvalue weighted by molar-refractivity contribution is 6.74. The highest BCUT2D eigenvalue weighted by atomic mass is 28.4. The van der Waals surface area contributed by atoms with Crippen LogP contribution in [0, 0.1) is 0 Å². The van der Waals surface area contributed by atoms with E-state index in [-0.39, 0.29) is 17.6 Å². The van der Waals surface area contributed by atoms with Crippen LogP contribution < -0.4 is 14.4 Å². The molecule has 204 valence electrons. The third kappa shape index (κ3) is 5.88. The lowest BCUT2D eigenvalue weighted by Crippen LogP contribution is -2.57. The first-order valence-electron chi connectivity index (χ1n) is 12.7. The minimum atomic E-state index is -2.42. The van der Waals surface area contributed by atoms with Crippen molar-refractivity contribution < 1.29 is 28.2 Å². The van der Waals surface area contributed by atoms with Crippen molar-refractivity contribution in [1.82, 2.24) is 4.90 Å². The van der Waals surface area contributed by atoms with Crippen LogP contribution in [0.1, 0.15) is 65.2 Å². The number of rotatable bonds is 6. The average Bonchev–Trinajstić information content (AvgIpc) is 3.13. The smallest absolute Gasteiger partial charge is 0.416 e. The van der Waals surface area contributed by atoms with E-state index in [1.807, 2.05) is 33.9 Å². The van der Waals surface area contributed by atoms with Gasteiger partial charge >= 0.3 is 6.09 Å². The van der Waals surface area contributed by atoms with Crippen molar-refractivity contribution in [3.8, 4) is 11.5 Å². The molecule has 2 heterocycles. The molecule has 2 aliphatic heterocycles. The predicted molar refractivity (Wildman–Crippen MR) is 148 cm³/mol. The number of carbonyl (C=O) groups excluding carboxylic acids is 2. The van der Waals surface area contributed by atoms with Crippen LogP contribution in [0.4, 0.5) is 10.5 Å². The second kappa shape index (κ2) is 10.2. The van der Waals surface area contributed by atoms with Gasteiger partial charge in [-0.25, -0.2) is 9.69 Å². The van der Waals surface area contributed by atoms with Crippen LogP contribution in [0.5, 0.6) is 11.5 Å². The summed E-state index contributed by atoms with van der Waals surface area (Å²) in [6, 6.07) is 2.91. The van der Waals surface area contributed by atoms with Gasteiger partial charge in [0.2, 0.25) is 0 Å². The third-order valence-electron chi connectivity index (χ3n) is 7.00. The van der Waals surface area contributed by atoms with Crippen LogP contribution >= 0.6 is 0 Å². The Morgan fingerprint density at radius 3 is 2.35 bits per heavy atom. The Morgan fingerprint density at radius 2 is 1.81 bits per heavy atom. The van der Waals surface area contributed by atoms with Crippen molar-refractivity contribution in [2.45, 2.75) is 90.9 Å². The summed E-state index contributed by atoms with van der Waals surface area (Å²) in [4.78, 5) is 30.9. The van der Waals surface area contributed by atoms with E-state index >= 15 is 0 Å². The molecule has 0 unspecified atom stereocenters. The maximum absolute atomic E-state index is 14.0. The number of carbonyl (C=O) groups is 2. The lowest BCUT2D eigenvalue weighted by molar-refractivity contribution is 0.0589. The fourth-order valence-corrected chi connectivity index (χ4v) is 5.43. The number of benzene rings is 1. The molecule has 0 spiro atoms. The number of nitrogens with zero attached hydrogens (tertiary/aromatic N) is 2. The second-order valence-corrected chi connectivity index (χ2v) is 17.0. The van der Waals surface area contributed by atoms with Crippen molar-refractivity contribution >= 4 is 26.0 Å². The normalized spacial score (nSPS) is 20.1. The summed E-state index contributed by atoms with van der Waals surface area (Å²) in [5.74, 6) is 0.588. The minimum absolute atomic E-state index is 0.0264. The molecule has 37 heavy (non-hydrogen) atoms. The molecule has 0 aliphatic carbocycles.